The van der Waals surface area contributed by atoms with Gasteiger partial charge in [0.2, 0.25) is 0 Å². The molecule has 0 amide bonds. The van der Waals surface area contributed by atoms with Crippen LogP contribution in [0, 0.1) is 11.3 Å². The van der Waals surface area contributed by atoms with Crippen LogP contribution in [-0.2, 0) is 5.41 Å². The minimum absolute atomic E-state index is 0.0446. The number of hydrogen-bond acceptors (Lipinski definition) is 3. The highest BCUT2D eigenvalue weighted by Crippen LogP contribution is 2.59. The van der Waals surface area contributed by atoms with Gasteiger partial charge < -0.3 is 10.2 Å². The van der Waals surface area contributed by atoms with E-state index in [0.717, 1.165) is 30.4 Å². The molecule has 0 saturated heterocycles. The van der Waals surface area contributed by atoms with Crippen LogP contribution in [0.2, 0.25) is 0 Å². The molecule has 1 saturated carbocycles. The standard InChI is InChI=1S/C20H28O3/c1-11(2)16-17-12(9-14(22)18(16)23)13(21)10-15-19(3,4)7-6-8-20(15,17)5/h9,11,15,22-23H,6-8,10H2,1-5H3. The molecule has 0 radical (unpaired) electrons. The third-order valence-corrected chi connectivity index (χ3v) is 6.39. The van der Waals surface area contributed by atoms with Gasteiger partial charge in [-0.15, -0.1) is 0 Å². The average Bonchev–Trinajstić information content (AvgIpc) is 2.43. The van der Waals surface area contributed by atoms with E-state index in [0.29, 0.717) is 12.0 Å². The molecule has 2 atom stereocenters. The molecule has 126 valence electrons. The average molecular weight is 316 g/mol. The van der Waals surface area contributed by atoms with Crippen molar-refractivity contribution in [2.45, 2.75) is 71.6 Å². The van der Waals surface area contributed by atoms with Gasteiger partial charge in [-0.05, 0) is 47.1 Å². The lowest BCUT2D eigenvalue weighted by molar-refractivity contribution is 0.0361. The smallest absolute Gasteiger partial charge is 0.163 e. The molecule has 1 aromatic carbocycles. The van der Waals surface area contributed by atoms with Crippen LogP contribution in [0.15, 0.2) is 6.07 Å². The van der Waals surface area contributed by atoms with Gasteiger partial charge in [0.25, 0.3) is 0 Å². The van der Waals surface area contributed by atoms with E-state index >= 15 is 0 Å². The molecule has 3 heteroatoms. The lowest BCUT2D eigenvalue weighted by Crippen LogP contribution is -2.50. The van der Waals surface area contributed by atoms with E-state index in [9.17, 15) is 15.0 Å². The predicted octanol–water partition coefficient (Wildman–Crippen LogP) is 4.89. The van der Waals surface area contributed by atoms with Gasteiger partial charge >= 0.3 is 0 Å². The van der Waals surface area contributed by atoms with Crippen LogP contribution in [0.5, 0.6) is 11.5 Å². The fraction of sp³-hybridized carbons (Fsp3) is 0.650. The summed E-state index contributed by atoms with van der Waals surface area (Å²) in [5, 5.41) is 20.6. The zero-order valence-corrected chi connectivity index (χ0v) is 14.9. The Morgan fingerprint density at radius 1 is 1.17 bits per heavy atom. The van der Waals surface area contributed by atoms with Crippen LogP contribution >= 0.6 is 0 Å². The highest BCUT2D eigenvalue weighted by molar-refractivity contribution is 6.01. The second-order valence-corrected chi connectivity index (χ2v) is 8.67. The maximum atomic E-state index is 12.8. The first-order valence-electron chi connectivity index (χ1n) is 8.72. The van der Waals surface area contributed by atoms with Gasteiger partial charge in [-0.25, -0.2) is 0 Å². The van der Waals surface area contributed by atoms with Crippen LogP contribution < -0.4 is 0 Å². The summed E-state index contributed by atoms with van der Waals surface area (Å²) in [7, 11) is 0. The van der Waals surface area contributed by atoms with Gasteiger partial charge in [0.05, 0.1) is 0 Å². The molecule has 2 aliphatic rings. The molecular weight excluding hydrogens is 288 g/mol. The number of ketones is 1. The third-order valence-electron chi connectivity index (χ3n) is 6.39. The molecule has 23 heavy (non-hydrogen) atoms. The Morgan fingerprint density at radius 3 is 2.43 bits per heavy atom. The molecule has 0 aromatic heterocycles. The first-order valence-corrected chi connectivity index (χ1v) is 8.72. The Hall–Kier alpha value is -1.51. The molecular formula is C20H28O3. The van der Waals surface area contributed by atoms with E-state index < -0.39 is 0 Å². The molecule has 0 spiro atoms. The number of carbonyl (C=O) groups is 1. The van der Waals surface area contributed by atoms with Crippen LogP contribution in [0.3, 0.4) is 0 Å². The molecule has 3 nitrogen and oxygen atoms in total. The maximum Gasteiger partial charge on any atom is 0.163 e. The number of hydrogen-bond donors (Lipinski definition) is 2. The molecule has 1 aromatic rings. The largest absolute Gasteiger partial charge is 0.504 e. The van der Waals surface area contributed by atoms with Crippen molar-refractivity contribution in [3.63, 3.8) is 0 Å². The van der Waals surface area contributed by atoms with Crippen molar-refractivity contribution in [2.75, 3.05) is 0 Å². The van der Waals surface area contributed by atoms with Gasteiger partial charge in [0.15, 0.2) is 17.3 Å². The second-order valence-electron chi connectivity index (χ2n) is 8.67. The van der Waals surface area contributed by atoms with Crippen molar-refractivity contribution in [3.05, 3.63) is 22.8 Å². The molecule has 1 fully saturated rings. The fourth-order valence-electron chi connectivity index (χ4n) is 5.29. The first-order chi connectivity index (χ1) is 10.6. The molecule has 0 aliphatic heterocycles. The monoisotopic (exact) mass is 316 g/mol. The van der Waals surface area contributed by atoms with E-state index in [4.69, 9.17) is 0 Å². The number of fused-ring (bicyclic) bond motifs is 3. The van der Waals surface area contributed by atoms with Crippen molar-refractivity contribution in [2.24, 2.45) is 11.3 Å². The van der Waals surface area contributed by atoms with E-state index in [-0.39, 0.29) is 39.9 Å². The van der Waals surface area contributed by atoms with Crippen molar-refractivity contribution in [3.8, 4) is 11.5 Å². The molecule has 2 N–H and O–H groups in total. The van der Waals surface area contributed by atoms with Crippen LogP contribution in [0.4, 0.5) is 0 Å². The van der Waals surface area contributed by atoms with Crippen LogP contribution in [0.1, 0.15) is 87.7 Å². The van der Waals surface area contributed by atoms with E-state index in [1.807, 2.05) is 13.8 Å². The summed E-state index contributed by atoms with van der Waals surface area (Å²) in [6, 6.07) is 1.49. The molecule has 3 rings (SSSR count). The van der Waals surface area contributed by atoms with Gasteiger partial charge in [0, 0.05) is 17.5 Å². The quantitative estimate of drug-likeness (QED) is 0.725. The highest BCUT2D eigenvalue weighted by Gasteiger charge is 2.53. The van der Waals surface area contributed by atoms with Crippen LogP contribution in [0.25, 0.3) is 0 Å². The lowest BCUT2D eigenvalue weighted by atomic mass is 9.49. The summed E-state index contributed by atoms with van der Waals surface area (Å²) < 4.78 is 0. The number of Topliss-reactive ketones (excluding diaryl/α,β-unsaturated/α-hetero) is 1. The minimum atomic E-state index is -0.169. The number of aromatic hydroxyl groups is 2. The van der Waals surface area contributed by atoms with Crippen molar-refractivity contribution in [1.29, 1.82) is 0 Å². The van der Waals surface area contributed by atoms with Gasteiger partial charge in [-0.2, -0.15) is 0 Å². The highest BCUT2D eigenvalue weighted by atomic mass is 16.3. The van der Waals surface area contributed by atoms with Gasteiger partial charge in [-0.1, -0.05) is 41.0 Å². The lowest BCUT2D eigenvalue weighted by Gasteiger charge is -2.54. The Labute approximate surface area is 138 Å². The number of phenolic OH excluding ortho intramolecular Hbond substituents is 2. The van der Waals surface area contributed by atoms with Crippen LogP contribution in [-0.4, -0.2) is 16.0 Å². The zero-order valence-electron chi connectivity index (χ0n) is 14.9. The maximum absolute atomic E-state index is 12.8. The number of carbonyl (C=O) groups excluding carboxylic acids is 1. The molecule has 0 bridgehead atoms. The summed E-state index contributed by atoms with van der Waals surface area (Å²) in [6.45, 7) is 10.8. The molecule has 0 heterocycles. The van der Waals surface area contributed by atoms with Crippen molar-refractivity contribution >= 4 is 5.78 Å². The summed E-state index contributed by atoms with van der Waals surface area (Å²) in [6.07, 6.45) is 3.84. The first kappa shape index (κ1) is 16.4. The van der Waals surface area contributed by atoms with Crippen molar-refractivity contribution in [1.82, 2.24) is 0 Å². The van der Waals surface area contributed by atoms with Crippen molar-refractivity contribution < 1.29 is 15.0 Å². The number of benzene rings is 1. The predicted molar refractivity (Wildman–Crippen MR) is 91.3 cm³/mol. The Bertz CT molecular complexity index is 672. The molecule has 2 aliphatic carbocycles. The Balaban J connectivity index is 2.35. The summed E-state index contributed by atoms with van der Waals surface area (Å²) >= 11 is 0. The Kier molecular flexibility index (Phi) is 3.55. The summed E-state index contributed by atoms with van der Waals surface area (Å²) in [5.41, 5.74) is 2.38. The summed E-state index contributed by atoms with van der Waals surface area (Å²) in [5.74, 6) is 0.235. The van der Waals surface area contributed by atoms with E-state index in [1.54, 1.807) is 0 Å². The number of phenols is 2. The second kappa shape index (κ2) is 4.99. The van der Waals surface area contributed by atoms with Gasteiger partial charge in [0.1, 0.15) is 0 Å². The summed E-state index contributed by atoms with van der Waals surface area (Å²) in [4.78, 5) is 12.8. The van der Waals surface area contributed by atoms with E-state index in [2.05, 4.69) is 20.8 Å². The zero-order chi connectivity index (χ0) is 17.2. The van der Waals surface area contributed by atoms with E-state index in [1.165, 1.54) is 6.07 Å². The third kappa shape index (κ3) is 2.20. The molecule has 2 unspecified atom stereocenters. The Morgan fingerprint density at radius 2 is 1.83 bits per heavy atom. The van der Waals surface area contributed by atoms with Gasteiger partial charge in [-0.3, -0.25) is 4.79 Å². The SMILES string of the molecule is CC(C)c1c(O)c(O)cc2c1C1(C)CCCC(C)(C)C1CC2=O. The fourth-order valence-corrected chi connectivity index (χ4v) is 5.29. The minimum Gasteiger partial charge on any atom is -0.504 e. The number of rotatable bonds is 1. The normalized spacial score (nSPS) is 29.3. The topological polar surface area (TPSA) is 57.5 Å².